The number of hydrogen-bond donors (Lipinski definition) is 1. The average Bonchev–Trinajstić information content (AvgIpc) is 3.11. The molecule has 7 nitrogen and oxygen atoms in total. The number of amides is 1. The minimum absolute atomic E-state index is 0.157. The second-order valence-corrected chi connectivity index (χ2v) is 6.59. The molecule has 0 fully saturated rings. The number of carbonyl (C=O) groups excluding carboxylic acids is 2. The van der Waals surface area contributed by atoms with E-state index >= 15 is 0 Å². The highest BCUT2D eigenvalue weighted by Crippen LogP contribution is 2.29. The number of fused-ring (bicyclic) bond motifs is 3. The number of aromatic nitrogens is 3. The van der Waals surface area contributed by atoms with E-state index in [0.717, 1.165) is 15.2 Å². The van der Waals surface area contributed by atoms with Crippen molar-refractivity contribution in [3.8, 4) is 0 Å². The number of carbonyl (C=O) groups is 2. The highest BCUT2D eigenvalue weighted by molar-refractivity contribution is 7.99. The Labute approximate surface area is 140 Å². The number of thioether (sulfide) groups is 1. The molecule has 0 atom stereocenters. The van der Waals surface area contributed by atoms with Gasteiger partial charge in [0.2, 0.25) is 10.9 Å². The zero-order valence-electron chi connectivity index (χ0n) is 12.3. The van der Waals surface area contributed by atoms with E-state index in [2.05, 4.69) is 20.3 Å². The number of benzene rings is 1. The van der Waals surface area contributed by atoms with Crippen LogP contribution in [0.4, 0.5) is 0 Å². The molecular weight excluding hydrogens is 336 g/mol. The molecule has 1 aromatic carbocycles. The van der Waals surface area contributed by atoms with Crippen LogP contribution in [0, 0.1) is 0 Å². The van der Waals surface area contributed by atoms with E-state index in [4.69, 9.17) is 0 Å². The molecule has 1 amide bonds. The van der Waals surface area contributed by atoms with Gasteiger partial charge in [0, 0.05) is 6.54 Å². The van der Waals surface area contributed by atoms with Gasteiger partial charge in [0.05, 0.1) is 29.5 Å². The van der Waals surface area contributed by atoms with Crippen LogP contribution in [0.1, 0.15) is 6.42 Å². The van der Waals surface area contributed by atoms with Crippen molar-refractivity contribution < 1.29 is 14.3 Å². The standard InChI is InChI=1S/C14H14N4O3S2/c1-21-12(20)6-7-15-11(19)8-22-13-16-17-14-18(13)9-4-2-3-5-10(9)23-14/h2-5H,6-8H2,1H3,(H,15,19). The quantitative estimate of drug-likeness (QED) is 0.538. The van der Waals surface area contributed by atoms with Gasteiger partial charge >= 0.3 is 5.97 Å². The Bertz CT molecular complexity index is 858. The first-order chi connectivity index (χ1) is 11.2. The van der Waals surface area contributed by atoms with Crippen molar-refractivity contribution >= 4 is 50.2 Å². The van der Waals surface area contributed by atoms with Crippen molar-refractivity contribution in [3.05, 3.63) is 24.3 Å². The normalized spacial score (nSPS) is 11.0. The monoisotopic (exact) mass is 350 g/mol. The number of hydrogen-bond acceptors (Lipinski definition) is 7. The Balaban J connectivity index is 1.63. The molecule has 0 spiro atoms. The SMILES string of the molecule is COC(=O)CCNC(=O)CSc1nnc2sc3ccccc3n12. The second-order valence-electron chi connectivity index (χ2n) is 4.64. The lowest BCUT2D eigenvalue weighted by Gasteiger charge is -2.03. The molecule has 0 saturated carbocycles. The minimum Gasteiger partial charge on any atom is -0.469 e. The number of methoxy groups -OCH3 is 1. The lowest BCUT2D eigenvalue weighted by atomic mass is 10.3. The zero-order chi connectivity index (χ0) is 16.2. The lowest BCUT2D eigenvalue weighted by Crippen LogP contribution is -2.27. The Morgan fingerprint density at radius 3 is 3.00 bits per heavy atom. The van der Waals surface area contributed by atoms with Crippen molar-refractivity contribution in [1.82, 2.24) is 19.9 Å². The summed E-state index contributed by atoms with van der Waals surface area (Å²) in [6, 6.07) is 7.97. The molecular formula is C14H14N4O3S2. The third-order valence-corrected chi connectivity index (χ3v) is 5.06. The fourth-order valence-corrected chi connectivity index (χ4v) is 3.83. The Morgan fingerprint density at radius 1 is 1.35 bits per heavy atom. The summed E-state index contributed by atoms with van der Waals surface area (Å²) in [4.78, 5) is 23.6. The number of thiazole rings is 1. The molecule has 23 heavy (non-hydrogen) atoms. The molecule has 0 aliphatic carbocycles. The highest BCUT2D eigenvalue weighted by Gasteiger charge is 2.14. The van der Waals surface area contributed by atoms with E-state index in [1.165, 1.54) is 18.9 Å². The average molecular weight is 350 g/mol. The van der Waals surface area contributed by atoms with Crippen LogP contribution in [0.3, 0.4) is 0 Å². The van der Waals surface area contributed by atoms with Gasteiger partial charge < -0.3 is 10.1 Å². The summed E-state index contributed by atoms with van der Waals surface area (Å²) < 4.78 is 7.59. The smallest absolute Gasteiger partial charge is 0.307 e. The number of nitrogens with zero attached hydrogens (tertiary/aromatic N) is 3. The van der Waals surface area contributed by atoms with Crippen molar-refractivity contribution in [2.24, 2.45) is 0 Å². The predicted molar refractivity (Wildman–Crippen MR) is 88.7 cm³/mol. The molecule has 2 aromatic heterocycles. The molecule has 9 heteroatoms. The van der Waals surface area contributed by atoms with Crippen LogP contribution in [0.25, 0.3) is 15.2 Å². The molecule has 120 valence electrons. The fourth-order valence-electron chi connectivity index (χ4n) is 2.04. The van der Waals surface area contributed by atoms with E-state index < -0.39 is 0 Å². The number of nitrogens with one attached hydrogen (secondary N) is 1. The minimum atomic E-state index is -0.345. The fraction of sp³-hybridized carbons (Fsp3) is 0.286. The molecule has 3 aromatic rings. The molecule has 0 unspecified atom stereocenters. The van der Waals surface area contributed by atoms with E-state index in [9.17, 15) is 9.59 Å². The van der Waals surface area contributed by atoms with Crippen molar-refractivity contribution in [2.45, 2.75) is 11.6 Å². The Morgan fingerprint density at radius 2 is 2.17 bits per heavy atom. The maximum absolute atomic E-state index is 11.8. The first-order valence-electron chi connectivity index (χ1n) is 6.88. The zero-order valence-corrected chi connectivity index (χ0v) is 13.9. The molecule has 3 rings (SSSR count). The van der Waals surface area contributed by atoms with Gasteiger partial charge in [-0.15, -0.1) is 10.2 Å². The summed E-state index contributed by atoms with van der Waals surface area (Å²) in [6.07, 6.45) is 0.164. The van der Waals surface area contributed by atoms with E-state index in [1.807, 2.05) is 28.7 Å². The van der Waals surface area contributed by atoms with Crippen LogP contribution >= 0.6 is 23.1 Å². The second kappa shape index (κ2) is 6.97. The third kappa shape index (κ3) is 3.45. The van der Waals surface area contributed by atoms with Gasteiger partial charge in [0.1, 0.15) is 0 Å². The van der Waals surface area contributed by atoms with Gasteiger partial charge in [-0.1, -0.05) is 35.2 Å². The van der Waals surface area contributed by atoms with E-state index in [1.54, 1.807) is 11.3 Å². The van der Waals surface area contributed by atoms with Gasteiger partial charge in [0.25, 0.3) is 0 Å². The molecule has 1 N–H and O–H groups in total. The van der Waals surface area contributed by atoms with Crippen LogP contribution in [0.15, 0.2) is 29.4 Å². The van der Waals surface area contributed by atoms with Gasteiger partial charge in [-0.2, -0.15) is 0 Å². The lowest BCUT2D eigenvalue weighted by molar-refractivity contribution is -0.140. The largest absolute Gasteiger partial charge is 0.469 e. The van der Waals surface area contributed by atoms with Crippen LogP contribution < -0.4 is 5.32 Å². The van der Waals surface area contributed by atoms with Crippen LogP contribution in [0.2, 0.25) is 0 Å². The van der Waals surface area contributed by atoms with Gasteiger partial charge in [-0.25, -0.2) is 0 Å². The molecule has 0 bridgehead atoms. The first-order valence-corrected chi connectivity index (χ1v) is 8.68. The summed E-state index contributed by atoms with van der Waals surface area (Å²) in [6.45, 7) is 0.267. The van der Waals surface area contributed by atoms with Gasteiger partial charge in [0.15, 0.2) is 5.16 Å². The number of rotatable bonds is 6. The Hall–Kier alpha value is -2.13. The first kappa shape index (κ1) is 15.8. The summed E-state index contributed by atoms with van der Waals surface area (Å²) in [5.74, 6) is -0.288. The summed E-state index contributed by atoms with van der Waals surface area (Å²) >= 11 is 2.88. The number of esters is 1. The van der Waals surface area contributed by atoms with Gasteiger partial charge in [-0.05, 0) is 12.1 Å². The molecule has 0 radical (unpaired) electrons. The molecule has 0 saturated heterocycles. The highest BCUT2D eigenvalue weighted by atomic mass is 32.2. The molecule has 0 aliphatic heterocycles. The maximum atomic E-state index is 11.8. The van der Waals surface area contributed by atoms with Crippen LogP contribution in [0.5, 0.6) is 0 Å². The van der Waals surface area contributed by atoms with Crippen LogP contribution in [-0.2, 0) is 14.3 Å². The van der Waals surface area contributed by atoms with Crippen molar-refractivity contribution in [3.63, 3.8) is 0 Å². The number of para-hydroxylation sites is 1. The number of ether oxygens (including phenoxy) is 1. The topological polar surface area (TPSA) is 85.6 Å². The van der Waals surface area contributed by atoms with Crippen molar-refractivity contribution in [2.75, 3.05) is 19.4 Å². The Kier molecular flexibility index (Phi) is 4.77. The summed E-state index contributed by atoms with van der Waals surface area (Å²) in [7, 11) is 1.32. The molecule has 0 aliphatic rings. The van der Waals surface area contributed by atoms with E-state index in [-0.39, 0.29) is 30.6 Å². The predicted octanol–water partition coefficient (Wildman–Crippen LogP) is 1.72. The van der Waals surface area contributed by atoms with E-state index in [0.29, 0.717) is 5.16 Å². The van der Waals surface area contributed by atoms with Gasteiger partial charge in [-0.3, -0.25) is 14.0 Å². The maximum Gasteiger partial charge on any atom is 0.307 e. The third-order valence-electron chi connectivity index (χ3n) is 3.12. The summed E-state index contributed by atoms with van der Waals surface area (Å²) in [5, 5.41) is 11.6. The molecule has 2 heterocycles. The van der Waals surface area contributed by atoms with Crippen LogP contribution in [-0.4, -0.2) is 45.9 Å². The van der Waals surface area contributed by atoms with Crippen molar-refractivity contribution in [1.29, 1.82) is 0 Å². The summed E-state index contributed by atoms with van der Waals surface area (Å²) in [5.41, 5.74) is 1.03.